The van der Waals surface area contributed by atoms with Crippen LogP contribution in [0.15, 0.2) is 0 Å². The maximum Gasteiger partial charge on any atom is 0.217 e. The Kier molecular flexibility index (Phi) is 3.06. The van der Waals surface area contributed by atoms with Crippen molar-refractivity contribution in [1.29, 1.82) is 0 Å². The normalized spacial score (nSPS) is 11.0. The molecule has 3 nitrogen and oxygen atoms in total. The van der Waals surface area contributed by atoms with Gasteiger partial charge < -0.3 is 10.5 Å². The molecule has 0 aliphatic rings. The van der Waals surface area contributed by atoms with Gasteiger partial charge in [-0.1, -0.05) is 13.8 Å². The second kappa shape index (κ2) is 3.34. The van der Waals surface area contributed by atoms with Crippen molar-refractivity contribution in [3.8, 4) is 0 Å². The molecule has 0 unspecified atom stereocenters. The van der Waals surface area contributed by atoms with Gasteiger partial charge in [-0.05, 0) is 5.41 Å². The lowest BCUT2D eigenvalue weighted by atomic mass is 9.86. The van der Waals surface area contributed by atoms with Gasteiger partial charge in [0.05, 0.1) is 0 Å². The first kappa shape index (κ1) is 9.14. The second-order valence-corrected chi connectivity index (χ2v) is 3.18. The van der Waals surface area contributed by atoms with Gasteiger partial charge in [0.25, 0.3) is 0 Å². The number of carbonyl (C=O) groups is 2. The minimum atomic E-state index is -0.355. The molecule has 0 rings (SSSR count). The minimum Gasteiger partial charge on any atom is -0.370 e. The molecule has 0 aromatic heterocycles. The van der Waals surface area contributed by atoms with Gasteiger partial charge in [0.2, 0.25) is 5.91 Å². The standard InChI is InChI=1S/C7H13NO2/c1-7(2,3-4-9)5-6(8)10/h4H,3,5H2,1-2H3,(H2,8,10). The largest absolute Gasteiger partial charge is 0.370 e. The number of primary amides is 1. The molecule has 0 aliphatic heterocycles. The van der Waals surface area contributed by atoms with Crippen LogP contribution in [0.1, 0.15) is 26.7 Å². The Labute approximate surface area is 60.6 Å². The molecule has 0 radical (unpaired) electrons. The van der Waals surface area contributed by atoms with Crippen molar-refractivity contribution in [3.63, 3.8) is 0 Å². The Morgan fingerprint density at radius 2 is 2.10 bits per heavy atom. The highest BCUT2D eigenvalue weighted by Crippen LogP contribution is 2.22. The van der Waals surface area contributed by atoms with Crippen LogP contribution < -0.4 is 5.73 Å². The van der Waals surface area contributed by atoms with Crippen molar-refractivity contribution < 1.29 is 9.59 Å². The van der Waals surface area contributed by atoms with Crippen LogP contribution in [0.5, 0.6) is 0 Å². The van der Waals surface area contributed by atoms with Crippen LogP contribution in [0.4, 0.5) is 0 Å². The van der Waals surface area contributed by atoms with Crippen molar-refractivity contribution in [2.45, 2.75) is 26.7 Å². The van der Waals surface area contributed by atoms with Gasteiger partial charge in [0.15, 0.2) is 0 Å². The number of rotatable bonds is 4. The smallest absolute Gasteiger partial charge is 0.217 e. The molecule has 0 atom stereocenters. The molecule has 0 fully saturated rings. The Bertz CT molecular complexity index is 141. The van der Waals surface area contributed by atoms with Crippen LogP contribution in [0.25, 0.3) is 0 Å². The van der Waals surface area contributed by atoms with Gasteiger partial charge in [-0.15, -0.1) is 0 Å². The van der Waals surface area contributed by atoms with E-state index in [9.17, 15) is 9.59 Å². The molecule has 3 heteroatoms. The molecule has 0 bridgehead atoms. The molecule has 0 spiro atoms. The van der Waals surface area contributed by atoms with Crippen molar-refractivity contribution in [1.82, 2.24) is 0 Å². The minimum absolute atomic E-state index is 0.270. The van der Waals surface area contributed by atoms with E-state index in [2.05, 4.69) is 0 Å². The van der Waals surface area contributed by atoms with E-state index in [1.807, 2.05) is 13.8 Å². The second-order valence-electron chi connectivity index (χ2n) is 3.18. The van der Waals surface area contributed by atoms with E-state index in [-0.39, 0.29) is 17.7 Å². The highest BCUT2D eigenvalue weighted by atomic mass is 16.1. The molecule has 0 saturated heterocycles. The van der Waals surface area contributed by atoms with E-state index < -0.39 is 0 Å². The SMILES string of the molecule is CC(C)(CC=O)CC(N)=O. The molecule has 2 N–H and O–H groups in total. The topological polar surface area (TPSA) is 60.2 Å². The summed E-state index contributed by atoms with van der Waals surface area (Å²) in [6, 6.07) is 0. The lowest BCUT2D eigenvalue weighted by Gasteiger charge is -2.18. The maximum absolute atomic E-state index is 10.4. The predicted octanol–water partition coefficient (Wildman–Crippen LogP) is 0.477. The summed E-state index contributed by atoms with van der Waals surface area (Å²) in [5.41, 5.74) is 4.68. The monoisotopic (exact) mass is 143 g/mol. The van der Waals surface area contributed by atoms with E-state index in [4.69, 9.17) is 5.73 Å². The van der Waals surface area contributed by atoms with Crippen molar-refractivity contribution in [3.05, 3.63) is 0 Å². The third-order valence-corrected chi connectivity index (χ3v) is 1.29. The average molecular weight is 143 g/mol. The predicted molar refractivity (Wildman–Crippen MR) is 38.3 cm³/mol. The zero-order valence-corrected chi connectivity index (χ0v) is 6.39. The van der Waals surface area contributed by atoms with Crippen LogP contribution >= 0.6 is 0 Å². The fourth-order valence-electron chi connectivity index (χ4n) is 0.769. The van der Waals surface area contributed by atoms with E-state index in [0.717, 1.165) is 6.29 Å². The van der Waals surface area contributed by atoms with Crippen LogP contribution in [-0.4, -0.2) is 12.2 Å². The molecule has 0 aliphatic carbocycles. The lowest BCUT2D eigenvalue weighted by molar-refractivity contribution is -0.120. The van der Waals surface area contributed by atoms with Gasteiger partial charge >= 0.3 is 0 Å². The number of carbonyl (C=O) groups excluding carboxylic acids is 2. The summed E-state index contributed by atoms with van der Waals surface area (Å²) in [7, 11) is 0. The van der Waals surface area contributed by atoms with E-state index in [0.29, 0.717) is 6.42 Å². The van der Waals surface area contributed by atoms with Crippen molar-refractivity contribution in [2.24, 2.45) is 11.1 Å². The summed E-state index contributed by atoms with van der Waals surface area (Å²) < 4.78 is 0. The number of nitrogens with two attached hydrogens (primary N) is 1. The first-order chi connectivity index (χ1) is 4.48. The Balaban J connectivity index is 3.85. The van der Waals surface area contributed by atoms with E-state index >= 15 is 0 Å². The third kappa shape index (κ3) is 4.06. The summed E-state index contributed by atoms with van der Waals surface area (Å²) >= 11 is 0. The van der Waals surface area contributed by atoms with Crippen LogP contribution in [0.2, 0.25) is 0 Å². The summed E-state index contributed by atoms with van der Waals surface area (Å²) in [6.07, 6.45) is 1.46. The fourth-order valence-corrected chi connectivity index (χ4v) is 0.769. The van der Waals surface area contributed by atoms with Crippen molar-refractivity contribution >= 4 is 12.2 Å². The number of hydrogen-bond donors (Lipinski definition) is 1. The number of aldehydes is 1. The van der Waals surface area contributed by atoms with Gasteiger partial charge in [-0.2, -0.15) is 0 Å². The average Bonchev–Trinajstić information content (AvgIpc) is 1.59. The third-order valence-electron chi connectivity index (χ3n) is 1.29. The number of amides is 1. The zero-order valence-electron chi connectivity index (χ0n) is 6.39. The summed E-state index contributed by atoms with van der Waals surface area (Å²) in [5, 5.41) is 0. The Morgan fingerprint density at radius 1 is 1.60 bits per heavy atom. The Hall–Kier alpha value is -0.860. The molecule has 10 heavy (non-hydrogen) atoms. The lowest BCUT2D eigenvalue weighted by Crippen LogP contribution is -2.22. The highest BCUT2D eigenvalue weighted by molar-refractivity contribution is 5.74. The van der Waals surface area contributed by atoms with Crippen LogP contribution in [0.3, 0.4) is 0 Å². The molecular formula is C7H13NO2. The van der Waals surface area contributed by atoms with Crippen LogP contribution in [0, 0.1) is 5.41 Å². The summed E-state index contributed by atoms with van der Waals surface area (Å²) in [4.78, 5) is 20.4. The molecule has 0 saturated carbocycles. The van der Waals surface area contributed by atoms with Crippen LogP contribution in [-0.2, 0) is 9.59 Å². The number of hydrogen-bond acceptors (Lipinski definition) is 2. The first-order valence-electron chi connectivity index (χ1n) is 3.20. The van der Waals surface area contributed by atoms with E-state index in [1.54, 1.807) is 0 Å². The Morgan fingerprint density at radius 3 is 2.40 bits per heavy atom. The van der Waals surface area contributed by atoms with Gasteiger partial charge in [-0.3, -0.25) is 4.79 Å². The van der Waals surface area contributed by atoms with Gasteiger partial charge in [0, 0.05) is 12.8 Å². The van der Waals surface area contributed by atoms with Crippen molar-refractivity contribution in [2.75, 3.05) is 0 Å². The molecular weight excluding hydrogens is 130 g/mol. The zero-order chi connectivity index (χ0) is 8.20. The molecule has 0 aromatic carbocycles. The summed E-state index contributed by atoms with van der Waals surface area (Å²) in [5.74, 6) is -0.355. The quantitative estimate of drug-likeness (QED) is 0.582. The molecule has 58 valence electrons. The summed E-state index contributed by atoms with van der Waals surface area (Å²) in [6.45, 7) is 3.68. The maximum atomic E-state index is 10.4. The molecule has 0 heterocycles. The first-order valence-corrected chi connectivity index (χ1v) is 3.20. The van der Waals surface area contributed by atoms with Gasteiger partial charge in [-0.25, -0.2) is 0 Å². The highest BCUT2D eigenvalue weighted by Gasteiger charge is 2.19. The van der Waals surface area contributed by atoms with E-state index in [1.165, 1.54) is 0 Å². The molecule has 0 aromatic rings. The fraction of sp³-hybridized carbons (Fsp3) is 0.714. The molecule has 1 amide bonds. The van der Waals surface area contributed by atoms with Gasteiger partial charge in [0.1, 0.15) is 6.29 Å².